The minimum Gasteiger partial charge on any atom is -0.495 e. The maximum Gasteiger partial charge on any atom is 0.399 e. The zero-order valence-corrected chi connectivity index (χ0v) is 23.1. The molecular formula is C24H26F2NO8PS2. The summed E-state index contributed by atoms with van der Waals surface area (Å²) < 4.78 is 97.2. The number of methoxy groups -OCH3 is 1. The van der Waals surface area contributed by atoms with E-state index in [1.807, 2.05) is 0 Å². The first kappa shape index (κ1) is 29.9. The Morgan fingerprint density at radius 2 is 1.47 bits per heavy atom. The van der Waals surface area contributed by atoms with Crippen molar-refractivity contribution in [2.45, 2.75) is 35.5 Å². The minimum absolute atomic E-state index is 0.0533. The van der Waals surface area contributed by atoms with Gasteiger partial charge in [-0.1, -0.05) is 42.5 Å². The molecule has 0 fully saturated rings. The number of rotatable bonds is 10. The Labute approximate surface area is 219 Å². The van der Waals surface area contributed by atoms with Crippen LogP contribution in [0.3, 0.4) is 0 Å². The molecule has 0 aliphatic carbocycles. The van der Waals surface area contributed by atoms with E-state index in [1.54, 1.807) is 6.07 Å². The zero-order chi connectivity index (χ0) is 28.5. The number of sulfone groups is 1. The molecule has 2 N–H and O–H groups in total. The Hall–Kier alpha value is -2.67. The molecule has 38 heavy (non-hydrogen) atoms. The second-order valence-corrected chi connectivity index (χ2v) is 14.1. The number of alkyl halides is 2. The van der Waals surface area contributed by atoms with Crippen LogP contribution in [0.15, 0.2) is 76.5 Å². The predicted octanol–water partition coefficient (Wildman–Crippen LogP) is 4.03. The summed E-state index contributed by atoms with van der Waals surface area (Å²) in [5, 5.41) is 0. The molecule has 3 aromatic carbocycles. The van der Waals surface area contributed by atoms with Crippen LogP contribution in [0.5, 0.6) is 5.75 Å². The second kappa shape index (κ2) is 10.8. The van der Waals surface area contributed by atoms with Gasteiger partial charge in [-0.15, -0.1) is 0 Å². The van der Waals surface area contributed by atoms with E-state index in [-0.39, 0.29) is 39.8 Å². The summed E-state index contributed by atoms with van der Waals surface area (Å²) in [6, 6.07) is 14.8. The third kappa shape index (κ3) is 6.31. The maximum absolute atomic E-state index is 14.3. The topological polar surface area (TPSA) is 138 Å². The number of ether oxygens (including phenoxy) is 1. The van der Waals surface area contributed by atoms with E-state index in [0.29, 0.717) is 5.56 Å². The highest BCUT2D eigenvalue weighted by molar-refractivity contribution is 7.90. The van der Waals surface area contributed by atoms with E-state index in [0.717, 1.165) is 16.6 Å². The van der Waals surface area contributed by atoms with Crippen LogP contribution in [0, 0.1) is 6.92 Å². The fourth-order valence-corrected chi connectivity index (χ4v) is 6.53. The van der Waals surface area contributed by atoms with Gasteiger partial charge >= 0.3 is 13.3 Å². The third-order valence-corrected chi connectivity index (χ3v) is 9.67. The zero-order valence-electron chi connectivity index (χ0n) is 20.6. The summed E-state index contributed by atoms with van der Waals surface area (Å²) >= 11 is 0. The average Bonchev–Trinajstić information content (AvgIpc) is 2.82. The molecule has 14 heteroatoms. The first-order valence-corrected chi connectivity index (χ1v) is 15.9. The van der Waals surface area contributed by atoms with Gasteiger partial charge in [0.05, 0.1) is 12.0 Å². The van der Waals surface area contributed by atoms with Crippen LogP contribution in [-0.2, 0) is 43.2 Å². The van der Waals surface area contributed by atoms with Crippen LogP contribution in [0.2, 0.25) is 0 Å². The Bertz CT molecular complexity index is 1590. The number of halogens is 2. The average molecular weight is 590 g/mol. The van der Waals surface area contributed by atoms with Crippen LogP contribution >= 0.6 is 7.60 Å². The number of nitrogens with zero attached hydrogens (tertiary/aromatic N) is 1. The van der Waals surface area contributed by atoms with Crippen LogP contribution in [0.25, 0.3) is 0 Å². The van der Waals surface area contributed by atoms with Crippen molar-refractivity contribution in [2.75, 3.05) is 13.4 Å². The molecule has 0 radical (unpaired) electrons. The molecule has 0 saturated carbocycles. The third-order valence-electron chi connectivity index (χ3n) is 5.74. The summed E-state index contributed by atoms with van der Waals surface area (Å²) in [4.78, 5) is 18.1. The lowest BCUT2D eigenvalue weighted by molar-refractivity contribution is 0.0558. The number of hydrogen-bond acceptors (Lipinski definition) is 6. The van der Waals surface area contributed by atoms with Crippen LogP contribution in [-0.4, -0.2) is 44.3 Å². The highest BCUT2D eigenvalue weighted by Gasteiger charge is 2.51. The summed E-state index contributed by atoms with van der Waals surface area (Å²) in [6.07, 6.45) is 1.04. The van der Waals surface area contributed by atoms with Crippen molar-refractivity contribution in [1.82, 2.24) is 4.31 Å². The van der Waals surface area contributed by atoms with E-state index in [1.165, 1.54) is 68.6 Å². The van der Waals surface area contributed by atoms with Gasteiger partial charge in [-0.2, -0.15) is 13.1 Å². The van der Waals surface area contributed by atoms with Gasteiger partial charge in [0.25, 0.3) is 0 Å². The fourth-order valence-electron chi connectivity index (χ4n) is 3.76. The first-order chi connectivity index (χ1) is 17.5. The molecule has 0 aromatic heterocycles. The molecule has 9 nitrogen and oxygen atoms in total. The van der Waals surface area contributed by atoms with Crippen molar-refractivity contribution >= 4 is 27.5 Å². The van der Waals surface area contributed by atoms with Crippen LogP contribution in [0.1, 0.15) is 22.3 Å². The summed E-state index contributed by atoms with van der Waals surface area (Å²) in [7, 11) is -12.2. The highest BCUT2D eigenvalue weighted by atomic mass is 32.2. The lowest BCUT2D eigenvalue weighted by atomic mass is 10.1. The summed E-state index contributed by atoms with van der Waals surface area (Å²) in [6.45, 7) is 0.742. The SMILES string of the molecule is COc1ccccc1S(=O)(=O)N(Cc1ccc(S(C)(=O)=O)cc1)Cc1ccc(C(F)(F)P(=O)(O)O)c(C)c1. The van der Waals surface area contributed by atoms with E-state index in [2.05, 4.69) is 0 Å². The Balaban J connectivity index is 2.06. The monoisotopic (exact) mass is 589 g/mol. The normalized spacial score (nSPS) is 13.1. The van der Waals surface area contributed by atoms with Gasteiger partial charge in [0.2, 0.25) is 10.0 Å². The van der Waals surface area contributed by atoms with E-state index < -0.39 is 38.7 Å². The van der Waals surface area contributed by atoms with Crippen LogP contribution < -0.4 is 4.74 Å². The van der Waals surface area contributed by atoms with Crippen LogP contribution in [0.4, 0.5) is 8.78 Å². The maximum atomic E-state index is 14.3. The number of aryl methyl sites for hydroxylation is 1. The van der Waals surface area contributed by atoms with Gasteiger partial charge in [0, 0.05) is 24.9 Å². The van der Waals surface area contributed by atoms with Crippen molar-refractivity contribution < 1.29 is 44.7 Å². The molecular weight excluding hydrogens is 563 g/mol. The minimum atomic E-state index is -5.79. The number of hydrogen-bond donors (Lipinski definition) is 2. The van der Waals surface area contributed by atoms with E-state index in [4.69, 9.17) is 14.5 Å². The van der Waals surface area contributed by atoms with Crippen molar-refractivity contribution in [3.8, 4) is 5.75 Å². The van der Waals surface area contributed by atoms with Crippen molar-refractivity contribution in [3.63, 3.8) is 0 Å². The molecule has 0 atom stereocenters. The second-order valence-electron chi connectivity index (χ2n) is 8.57. The standard InChI is InChI=1S/C24H26F2NO8PS2/c1-17-14-19(10-13-21(17)24(25,26)36(28,29)30)16-27(15-18-8-11-20(12-9-18)37(3,31)32)38(33,34)23-7-5-4-6-22(23)35-2/h4-14H,15-16H2,1-3H3,(H2,28,29,30). The predicted molar refractivity (Wildman–Crippen MR) is 136 cm³/mol. The molecule has 0 spiro atoms. The molecule has 206 valence electrons. The number of benzene rings is 3. The quantitative estimate of drug-likeness (QED) is 0.338. The molecule has 0 saturated heterocycles. The van der Waals surface area contributed by atoms with E-state index >= 15 is 0 Å². The first-order valence-electron chi connectivity index (χ1n) is 10.9. The molecule has 0 amide bonds. The fraction of sp³-hybridized carbons (Fsp3) is 0.250. The van der Waals surface area contributed by atoms with Crippen molar-refractivity contribution in [1.29, 1.82) is 0 Å². The summed E-state index contributed by atoms with van der Waals surface area (Å²) in [5.41, 5.74) is -4.69. The van der Waals surface area contributed by atoms with Gasteiger partial charge < -0.3 is 14.5 Å². The highest BCUT2D eigenvalue weighted by Crippen LogP contribution is 2.59. The number of para-hydroxylation sites is 1. The molecule has 0 bridgehead atoms. The Morgan fingerprint density at radius 1 is 0.921 bits per heavy atom. The van der Waals surface area contributed by atoms with Crippen molar-refractivity contribution in [3.05, 3.63) is 89.0 Å². The molecule has 0 aliphatic rings. The number of sulfonamides is 1. The van der Waals surface area contributed by atoms with Gasteiger partial charge in [0.1, 0.15) is 10.6 Å². The van der Waals surface area contributed by atoms with Gasteiger partial charge in [-0.3, -0.25) is 4.57 Å². The van der Waals surface area contributed by atoms with E-state index in [9.17, 15) is 30.2 Å². The lowest BCUT2D eigenvalue weighted by Crippen LogP contribution is -2.30. The molecule has 3 aromatic rings. The van der Waals surface area contributed by atoms with Crippen molar-refractivity contribution in [2.24, 2.45) is 0 Å². The van der Waals surface area contributed by atoms with Gasteiger partial charge in [-0.05, 0) is 47.9 Å². The molecule has 3 rings (SSSR count). The molecule has 0 aliphatic heterocycles. The smallest absolute Gasteiger partial charge is 0.399 e. The van der Waals surface area contributed by atoms with Gasteiger partial charge in [0.15, 0.2) is 9.84 Å². The van der Waals surface area contributed by atoms with Gasteiger partial charge in [-0.25, -0.2) is 16.8 Å². The Morgan fingerprint density at radius 3 is 2.00 bits per heavy atom. The molecule has 0 heterocycles. The lowest BCUT2D eigenvalue weighted by Gasteiger charge is -2.25. The largest absolute Gasteiger partial charge is 0.495 e. The molecule has 0 unspecified atom stereocenters. The Kier molecular flexibility index (Phi) is 8.52. The summed E-state index contributed by atoms with van der Waals surface area (Å²) in [5.74, 6) is 0.0812.